The smallest absolute Gasteiger partial charge is 0.253 e. The van der Waals surface area contributed by atoms with E-state index >= 15 is 0 Å². The van der Waals surface area contributed by atoms with E-state index in [4.69, 9.17) is 0 Å². The fourth-order valence-corrected chi connectivity index (χ4v) is 3.62. The molecule has 2 aromatic rings. The maximum absolute atomic E-state index is 12.5. The number of anilines is 2. The zero-order chi connectivity index (χ0) is 22.4. The molecule has 1 fully saturated rings. The third kappa shape index (κ3) is 6.60. The summed E-state index contributed by atoms with van der Waals surface area (Å²) in [5.41, 5.74) is 1.22. The van der Waals surface area contributed by atoms with E-state index in [1.807, 2.05) is 11.0 Å². The van der Waals surface area contributed by atoms with E-state index in [2.05, 4.69) is 31.5 Å². The summed E-state index contributed by atoms with van der Waals surface area (Å²) in [6.07, 6.45) is 3.03. The fraction of sp³-hybridized carbons (Fsp3) is 0.364. The van der Waals surface area contributed by atoms with E-state index in [0.29, 0.717) is 43.0 Å². The summed E-state index contributed by atoms with van der Waals surface area (Å²) in [7, 11) is 3.39. The van der Waals surface area contributed by atoms with Crippen molar-refractivity contribution < 1.29 is 14.4 Å². The van der Waals surface area contributed by atoms with Gasteiger partial charge in [0.15, 0.2) is 0 Å². The molecule has 0 bridgehead atoms. The molecule has 164 valence electrons. The number of nitrogens with zero attached hydrogens (tertiary/aromatic N) is 3. The van der Waals surface area contributed by atoms with E-state index in [1.165, 1.54) is 4.90 Å². The van der Waals surface area contributed by atoms with Gasteiger partial charge in [-0.1, -0.05) is 0 Å². The summed E-state index contributed by atoms with van der Waals surface area (Å²) >= 11 is 3.32. The highest BCUT2D eigenvalue weighted by Gasteiger charge is 2.26. The van der Waals surface area contributed by atoms with Gasteiger partial charge >= 0.3 is 0 Å². The zero-order valence-corrected chi connectivity index (χ0v) is 19.2. The van der Waals surface area contributed by atoms with E-state index in [0.717, 1.165) is 4.47 Å². The van der Waals surface area contributed by atoms with Crippen molar-refractivity contribution in [3.05, 3.63) is 52.6 Å². The highest BCUT2D eigenvalue weighted by molar-refractivity contribution is 9.10. The van der Waals surface area contributed by atoms with Crippen LogP contribution in [-0.2, 0) is 9.59 Å². The van der Waals surface area contributed by atoms with E-state index < -0.39 is 0 Å². The largest absolute Gasteiger partial charge is 0.345 e. The number of rotatable bonds is 6. The number of benzene rings is 1. The molecule has 2 N–H and O–H groups in total. The Morgan fingerprint density at radius 1 is 1.06 bits per heavy atom. The topological polar surface area (TPSA) is 94.6 Å². The van der Waals surface area contributed by atoms with Crippen molar-refractivity contribution in [1.82, 2.24) is 14.8 Å². The van der Waals surface area contributed by atoms with Crippen molar-refractivity contribution >= 4 is 45.2 Å². The summed E-state index contributed by atoms with van der Waals surface area (Å²) in [6.45, 7) is 1.62. The number of carbonyl (C=O) groups is 3. The van der Waals surface area contributed by atoms with Gasteiger partial charge in [0.25, 0.3) is 5.91 Å². The van der Waals surface area contributed by atoms with Crippen LogP contribution in [-0.4, -0.2) is 66.2 Å². The van der Waals surface area contributed by atoms with Crippen molar-refractivity contribution in [1.29, 1.82) is 0 Å². The van der Waals surface area contributed by atoms with E-state index in [1.54, 1.807) is 50.6 Å². The maximum atomic E-state index is 12.5. The van der Waals surface area contributed by atoms with Crippen LogP contribution in [0.4, 0.5) is 11.5 Å². The number of pyridine rings is 1. The van der Waals surface area contributed by atoms with Crippen molar-refractivity contribution in [2.75, 3.05) is 44.4 Å². The number of hydrogen-bond acceptors (Lipinski definition) is 5. The molecule has 0 spiro atoms. The molecule has 9 heteroatoms. The van der Waals surface area contributed by atoms with Crippen LogP contribution in [0.2, 0.25) is 0 Å². The molecule has 3 rings (SSSR count). The Balaban J connectivity index is 1.43. The van der Waals surface area contributed by atoms with Crippen molar-refractivity contribution in [2.45, 2.75) is 12.8 Å². The van der Waals surface area contributed by atoms with E-state index in [-0.39, 0.29) is 30.2 Å². The molecule has 0 radical (unpaired) electrons. The van der Waals surface area contributed by atoms with Crippen LogP contribution >= 0.6 is 15.9 Å². The molecule has 2 heterocycles. The molecule has 1 saturated heterocycles. The van der Waals surface area contributed by atoms with Crippen LogP contribution in [0, 0.1) is 5.92 Å². The Morgan fingerprint density at radius 3 is 2.32 bits per heavy atom. The van der Waals surface area contributed by atoms with Crippen LogP contribution < -0.4 is 10.6 Å². The lowest BCUT2D eigenvalue weighted by Crippen LogP contribution is -2.41. The Morgan fingerprint density at radius 2 is 1.74 bits per heavy atom. The summed E-state index contributed by atoms with van der Waals surface area (Å²) in [5.74, 6) is 0.209. The van der Waals surface area contributed by atoms with Gasteiger partial charge in [0.05, 0.1) is 6.54 Å². The lowest BCUT2D eigenvalue weighted by Gasteiger charge is -2.30. The van der Waals surface area contributed by atoms with Gasteiger partial charge < -0.3 is 15.5 Å². The molecule has 8 nitrogen and oxygen atoms in total. The Hall–Kier alpha value is -2.78. The summed E-state index contributed by atoms with van der Waals surface area (Å²) in [6, 6.07) is 10.4. The fourth-order valence-electron chi connectivity index (χ4n) is 3.39. The number of aromatic nitrogens is 1. The number of halogens is 1. The first-order chi connectivity index (χ1) is 14.8. The van der Waals surface area contributed by atoms with Crippen LogP contribution in [0.25, 0.3) is 0 Å². The van der Waals surface area contributed by atoms with Crippen molar-refractivity contribution in [2.24, 2.45) is 5.92 Å². The van der Waals surface area contributed by atoms with Gasteiger partial charge in [-0.25, -0.2) is 4.98 Å². The Kier molecular flexibility index (Phi) is 7.75. The first-order valence-electron chi connectivity index (χ1n) is 10.1. The first-order valence-corrected chi connectivity index (χ1v) is 10.9. The molecule has 0 aliphatic carbocycles. The molecule has 0 atom stereocenters. The first kappa shape index (κ1) is 22.9. The molecule has 1 aromatic heterocycles. The number of hydrogen-bond donors (Lipinski definition) is 2. The Bertz CT molecular complexity index is 923. The third-order valence-corrected chi connectivity index (χ3v) is 5.60. The van der Waals surface area contributed by atoms with Gasteiger partial charge in [-0.15, -0.1) is 0 Å². The van der Waals surface area contributed by atoms with Crippen molar-refractivity contribution in [3.63, 3.8) is 0 Å². The molecule has 0 saturated carbocycles. The summed E-state index contributed by atoms with van der Waals surface area (Å²) < 4.78 is 0.857. The Labute approximate surface area is 190 Å². The lowest BCUT2D eigenvalue weighted by molar-refractivity contribution is -0.121. The predicted molar refractivity (Wildman–Crippen MR) is 123 cm³/mol. The summed E-state index contributed by atoms with van der Waals surface area (Å²) in [4.78, 5) is 44.5. The maximum Gasteiger partial charge on any atom is 0.253 e. The SMILES string of the molecule is CN(C)C(=O)c1ccc(NC(=O)CN2CCC(C(=O)Nc3ccc(Br)cn3)CC2)cc1. The monoisotopic (exact) mass is 487 g/mol. The molecule has 3 amide bonds. The third-order valence-electron chi connectivity index (χ3n) is 5.13. The minimum absolute atomic E-state index is 0.0358. The standard InChI is InChI=1S/C22H26BrN5O3/c1-27(2)22(31)16-3-6-18(7-4-16)25-20(29)14-28-11-9-15(10-12-28)21(30)26-19-8-5-17(23)13-24-19/h3-8,13,15H,9-12,14H2,1-2H3,(H,25,29)(H,24,26,30). The van der Waals surface area contributed by atoms with Gasteiger partial charge in [-0.3, -0.25) is 19.3 Å². The summed E-state index contributed by atoms with van der Waals surface area (Å²) in [5, 5.41) is 5.71. The molecular weight excluding hydrogens is 462 g/mol. The number of carbonyl (C=O) groups excluding carboxylic acids is 3. The average Bonchev–Trinajstić information content (AvgIpc) is 2.75. The van der Waals surface area contributed by atoms with Gasteiger partial charge in [-0.05, 0) is 78.3 Å². The average molecular weight is 488 g/mol. The van der Waals surface area contributed by atoms with Gasteiger partial charge in [0.2, 0.25) is 11.8 Å². The van der Waals surface area contributed by atoms with E-state index in [9.17, 15) is 14.4 Å². The highest BCUT2D eigenvalue weighted by Crippen LogP contribution is 2.20. The second kappa shape index (κ2) is 10.5. The lowest BCUT2D eigenvalue weighted by atomic mass is 9.96. The van der Waals surface area contributed by atoms with Crippen LogP contribution in [0.1, 0.15) is 23.2 Å². The molecule has 31 heavy (non-hydrogen) atoms. The predicted octanol–water partition coefficient (Wildman–Crippen LogP) is 2.84. The molecular formula is C22H26BrN5O3. The second-order valence-electron chi connectivity index (χ2n) is 7.73. The number of nitrogens with one attached hydrogen (secondary N) is 2. The number of likely N-dealkylation sites (tertiary alicyclic amines) is 1. The minimum atomic E-state index is -0.117. The quantitative estimate of drug-likeness (QED) is 0.653. The van der Waals surface area contributed by atoms with Crippen LogP contribution in [0.15, 0.2) is 47.1 Å². The minimum Gasteiger partial charge on any atom is -0.345 e. The van der Waals surface area contributed by atoms with Crippen LogP contribution in [0.3, 0.4) is 0 Å². The number of piperidine rings is 1. The molecule has 1 aliphatic heterocycles. The molecule has 1 aromatic carbocycles. The van der Waals surface area contributed by atoms with Crippen LogP contribution in [0.5, 0.6) is 0 Å². The van der Waals surface area contributed by atoms with Gasteiger partial charge in [0, 0.05) is 41.9 Å². The van der Waals surface area contributed by atoms with Gasteiger partial charge in [0.1, 0.15) is 5.82 Å². The number of amides is 3. The molecule has 1 aliphatic rings. The molecule has 0 unspecified atom stereocenters. The highest BCUT2D eigenvalue weighted by atomic mass is 79.9. The van der Waals surface area contributed by atoms with Crippen molar-refractivity contribution in [3.8, 4) is 0 Å². The second-order valence-corrected chi connectivity index (χ2v) is 8.64. The normalized spacial score (nSPS) is 14.7. The zero-order valence-electron chi connectivity index (χ0n) is 17.6. The van der Waals surface area contributed by atoms with Gasteiger partial charge in [-0.2, -0.15) is 0 Å².